The number of nitrogens with two attached hydrogens (primary N) is 1. The van der Waals surface area contributed by atoms with Crippen molar-refractivity contribution in [1.82, 2.24) is 4.98 Å². The number of fused-ring (bicyclic) bond motifs is 1. The summed E-state index contributed by atoms with van der Waals surface area (Å²) in [5, 5.41) is 8.84. The summed E-state index contributed by atoms with van der Waals surface area (Å²) in [6.07, 6.45) is 3.07. The number of pyridine rings is 1. The molecule has 1 aromatic heterocycles. The van der Waals surface area contributed by atoms with E-state index in [0.29, 0.717) is 27.7 Å². The maximum atomic E-state index is 13.4. The molecule has 0 aliphatic heterocycles. The van der Waals surface area contributed by atoms with Crippen molar-refractivity contribution in [3.8, 4) is 0 Å². The van der Waals surface area contributed by atoms with E-state index < -0.39 is 11.6 Å². The van der Waals surface area contributed by atoms with Crippen molar-refractivity contribution in [3.63, 3.8) is 0 Å². The van der Waals surface area contributed by atoms with Gasteiger partial charge in [-0.15, -0.1) is 0 Å². The molecule has 0 saturated heterocycles. The standard InChI is InChI=1S/C23H24ClN5O3/c1-23(2,3)32-20(30)14-28(17-7-5-4-6-8-17)21(31)15-9-10-18-16(11-15)12-27-13-19(18)29(24)22(25)26/h4-13H,14H2,1-3H3,(H3,25,26). The predicted molar refractivity (Wildman–Crippen MR) is 126 cm³/mol. The third-order valence-electron chi connectivity index (χ3n) is 4.43. The highest BCUT2D eigenvalue weighted by Crippen LogP contribution is 2.28. The summed E-state index contributed by atoms with van der Waals surface area (Å²) >= 11 is 6.08. The lowest BCUT2D eigenvalue weighted by Crippen LogP contribution is -2.39. The molecule has 0 aliphatic carbocycles. The van der Waals surface area contributed by atoms with Gasteiger partial charge in [-0.2, -0.15) is 0 Å². The lowest BCUT2D eigenvalue weighted by Gasteiger charge is -2.25. The van der Waals surface area contributed by atoms with E-state index in [1.165, 1.54) is 11.1 Å². The van der Waals surface area contributed by atoms with Gasteiger partial charge in [0.05, 0.1) is 11.9 Å². The molecule has 0 atom stereocenters. The molecule has 32 heavy (non-hydrogen) atoms. The van der Waals surface area contributed by atoms with Crippen LogP contribution in [0, 0.1) is 5.41 Å². The third-order valence-corrected chi connectivity index (χ3v) is 4.79. The van der Waals surface area contributed by atoms with Gasteiger partial charge in [-0.3, -0.25) is 24.9 Å². The van der Waals surface area contributed by atoms with Crippen molar-refractivity contribution < 1.29 is 14.3 Å². The molecule has 0 fully saturated rings. The number of anilines is 2. The maximum Gasteiger partial charge on any atom is 0.326 e. The van der Waals surface area contributed by atoms with Gasteiger partial charge in [0.25, 0.3) is 5.91 Å². The zero-order valence-corrected chi connectivity index (χ0v) is 18.8. The Morgan fingerprint density at radius 2 is 1.81 bits per heavy atom. The van der Waals surface area contributed by atoms with Crippen molar-refractivity contribution in [2.45, 2.75) is 26.4 Å². The van der Waals surface area contributed by atoms with Crippen LogP contribution in [-0.2, 0) is 9.53 Å². The highest BCUT2D eigenvalue weighted by Gasteiger charge is 2.25. The first-order chi connectivity index (χ1) is 15.1. The summed E-state index contributed by atoms with van der Waals surface area (Å²) in [7, 11) is 0. The summed E-state index contributed by atoms with van der Waals surface area (Å²) in [6, 6.07) is 13.9. The number of rotatable bonds is 5. The minimum atomic E-state index is -0.669. The van der Waals surface area contributed by atoms with Crippen LogP contribution in [0.1, 0.15) is 31.1 Å². The number of amides is 1. The topological polar surface area (TPSA) is 113 Å². The monoisotopic (exact) mass is 453 g/mol. The molecule has 0 saturated carbocycles. The van der Waals surface area contributed by atoms with Gasteiger partial charge in [-0.1, -0.05) is 24.3 Å². The van der Waals surface area contributed by atoms with Crippen LogP contribution in [-0.4, -0.2) is 35.0 Å². The fraction of sp³-hybridized carbons (Fsp3) is 0.217. The summed E-state index contributed by atoms with van der Waals surface area (Å²) < 4.78 is 6.40. The molecular formula is C23H24ClN5O3. The molecule has 0 bridgehead atoms. The number of hydrogen-bond donors (Lipinski definition) is 2. The van der Waals surface area contributed by atoms with Crippen LogP contribution in [0.25, 0.3) is 10.8 Å². The number of nitrogens with one attached hydrogen (secondary N) is 1. The Kier molecular flexibility index (Phi) is 6.64. The van der Waals surface area contributed by atoms with Gasteiger partial charge in [0.1, 0.15) is 12.1 Å². The zero-order valence-electron chi connectivity index (χ0n) is 18.0. The van der Waals surface area contributed by atoms with Crippen LogP contribution in [0.4, 0.5) is 11.4 Å². The number of para-hydroxylation sites is 1. The lowest BCUT2D eigenvalue weighted by atomic mass is 10.1. The molecule has 166 valence electrons. The van der Waals surface area contributed by atoms with Crippen LogP contribution in [0.5, 0.6) is 0 Å². The van der Waals surface area contributed by atoms with Crippen molar-refractivity contribution in [2.24, 2.45) is 5.73 Å². The van der Waals surface area contributed by atoms with Crippen LogP contribution >= 0.6 is 11.8 Å². The SMILES string of the molecule is CC(C)(C)OC(=O)CN(C(=O)c1ccc2c(N(Cl)C(=N)N)cncc2c1)c1ccccc1. The molecule has 0 radical (unpaired) electrons. The molecule has 0 spiro atoms. The van der Waals surface area contributed by atoms with Gasteiger partial charge in [-0.25, -0.2) is 4.42 Å². The van der Waals surface area contributed by atoms with Crippen LogP contribution in [0.15, 0.2) is 60.9 Å². The first kappa shape index (κ1) is 23.0. The fourth-order valence-electron chi connectivity index (χ4n) is 3.13. The highest BCUT2D eigenvalue weighted by atomic mass is 35.5. The second-order valence-electron chi connectivity index (χ2n) is 8.07. The number of halogens is 1. The van der Waals surface area contributed by atoms with E-state index >= 15 is 0 Å². The van der Waals surface area contributed by atoms with Crippen molar-refractivity contribution in [2.75, 3.05) is 15.9 Å². The number of aromatic nitrogens is 1. The van der Waals surface area contributed by atoms with E-state index in [0.717, 1.165) is 4.42 Å². The molecular weight excluding hydrogens is 430 g/mol. The molecule has 2 aromatic carbocycles. The number of carbonyl (C=O) groups excluding carboxylic acids is 2. The Bertz CT molecular complexity index is 1160. The highest BCUT2D eigenvalue weighted by molar-refractivity contribution is 6.38. The summed E-state index contributed by atoms with van der Waals surface area (Å²) in [5.74, 6) is -1.24. The van der Waals surface area contributed by atoms with E-state index in [2.05, 4.69) is 4.98 Å². The average Bonchev–Trinajstić information content (AvgIpc) is 2.75. The zero-order chi connectivity index (χ0) is 23.5. The number of carbonyl (C=O) groups is 2. The number of guanidine groups is 1. The summed E-state index contributed by atoms with van der Waals surface area (Å²) in [5.41, 5.74) is 6.15. The van der Waals surface area contributed by atoms with Crippen LogP contribution in [0.2, 0.25) is 0 Å². The van der Waals surface area contributed by atoms with Crippen molar-refractivity contribution >= 4 is 51.8 Å². The van der Waals surface area contributed by atoms with E-state index in [-0.39, 0.29) is 18.4 Å². The maximum absolute atomic E-state index is 13.4. The molecule has 3 aromatic rings. The molecule has 0 unspecified atom stereocenters. The molecule has 1 amide bonds. The normalized spacial score (nSPS) is 11.1. The van der Waals surface area contributed by atoms with Crippen molar-refractivity contribution in [1.29, 1.82) is 5.41 Å². The minimum Gasteiger partial charge on any atom is -0.459 e. The van der Waals surface area contributed by atoms with Gasteiger partial charge in [0, 0.05) is 40.0 Å². The van der Waals surface area contributed by atoms with E-state index in [4.69, 9.17) is 27.7 Å². The second kappa shape index (κ2) is 9.23. The first-order valence-electron chi connectivity index (χ1n) is 9.83. The smallest absolute Gasteiger partial charge is 0.326 e. The molecule has 8 nitrogen and oxygen atoms in total. The van der Waals surface area contributed by atoms with Gasteiger partial charge < -0.3 is 10.5 Å². The van der Waals surface area contributed by atoms with Crippen molar-refractivity contribution in [3.05, 3.63) is 66.5 Å². The average molecular weight is 454 g/mol. The van der Waals surface area contributed by atoms with Crippen LogP contribution < -0.4 is 15.1 Å². The largest absolute Gasteiger partial charge is 0.459 e. The third kappa shape index (κ3) is 5.33. The summed E-state index contributed by atoms with van der Waals surface area (Å²) in [6.45, 7) is 5.08. The minimum absolute atomic E-state index is 0.240. The first-order valence-corrected chi connectivity index (χ1v) is 10.2. The van der Waals surface area contributed by atoms with Gasteiger partial charge in [0.2, 0.25) is 5.96 Å². The van der Waals surface area contributed by atoms with E-state index in [1.807, 2.05) is 6.07 Å². The fourth-order valence-corrected chi connectivity index (χ4v) is 3.26. The predicted octanol–water partition coefficient (Wildman–Crippen LogP) is 4.08. The molecule has 9 heteroatoms. The number of benzene rings is 2. The molecule has 0 aliphatic rings. The number of nitrogens with zero attached hydrogens (tertiary/aromatic N) is 3. The second-order valence-corrected chi connectivity index (χ2v) is 8.41. The number of esters is 1. The Balaban J connectivity index is 1.98. The molecule has 3 rings (SSSR count). The van der Waals surface area contributed by atoms with Gasteiger partial charge >= 0.3 is 5.97 Å². The number of hydrogen-bond acceptors (Lipinski definition) is 5. The number of ether oxygens (including phenoxy) is 1. The Labute approximate surface area is 191 Å². The van der Waals surface area contributed by atoms with Crippen LogP contribution in [0.3, 0.4) is 0 Å². The quantitative estimate of drug-likeness (QED) is 0.260. The van der Waals surface area contributed by atoms with E-state index in [9.17, 15) is 9.59 Å². The molecule has 1 heterocycles. The Morgan fingerprint density at radius 3 is 2.44 bits per heavy atom. The Morgan fingerprint density at radius 1 is 1.12 bits per heavy atom. The lowest BCUT2D eigenvalue weighted by molar-refractivity contribution is -0.152. The van der Waals surface area contributed by atoms with E-state index in [1.54, 1.807) is 69.4 Å². The van der Waals surface area contributed by atoms with Gasteiger partial charge in [0.15, 0.2) is 0 Å². The van der Waals surface area contributed by atoms with Gasteiger partial charge in [-0.05, 0) is 45.0 Å². The Hall–Kier alpha value is -3.65. The summed E-state index contributed by atoms with van der Waals surface area (Å²) in [4.78, 5) is 31.4. The molecule has 3 N–H and O–H groups in total.